The maximum Gasteiger partial charge on any atom is 0.248 e. The van der Waals surface area contributed by atoms with Crippen LogP contribution in [0.4, 0.5) is 5.69 Å². The molecule has 3 nitrogen and oxygen atoms in total. The summed E-state index contributed by atoms with van der Waals surface area (Å²) in [5.74, 6) is 0.732. The number of amides is 1. The minimum Gasteiger partial charge on any atom is -0.497 e. The Morgan fingerprint density at radius 3 is 2.30 bits per heavy atom. The normalized spacial score (nSPS) is 21.5. The van der Waals surface area contributed by atoms with Gasteiger partial charge in [-0.15, -0.1) is 11.6 Å². The third-order valence-corrected chi connectivity index (χ3v) is 3.95. The first-order chi connectivity index (χ1) is 9.72. The Morgan fingerprint density at radius 2 is 1.70 bits per heavy atom. The summed E-state index contributed by atoms with van der Waals surface area (Å²) in [6.45, 7) is 0. The van der Waals surface area contributed by atoms with Crippen LogP contribution in [0.2, 0.25) is 0 Å². The van der Waals surface area contributed by atoms with Gasteiger partial charge in [-0.3, -0.25) is 4.79 Å². The molecule has 1 aliphatic heterocycles. The van der Waals surface area contributed by atoms with Crippen molar-refractivity contribution in [3.63, 3.8) is 0 Å². The van der Waals surface area contributed by atoms with Crippen LogP contribution in [0.15, 0.2) is 54.6 Å². The molecule has 2 aromatic rings. The number of hydrogen-bond donors (Lipinski definition) is 0. The summed E-state index contributed by atoms with van der Waals surface area (Å²) in [6, 6.07) is 17.1. The van der Waals surface area contributed by atoms with Crippen molar-refractivity contribution in [1.82, 2.24) is 0 Å². The van der Waals surface area contributed by atoms with Gasteiger partial charge in [-0.25, -0.2) is 0 Å². The highest BCUT2D eigenvalue weighted by Crippen LogP contribution is 2.42. The van der Waals surface area contributed by atoms with Crippen molar-refractivity contribution in [2.45, 2.75) is 11.4 Å². The van der Waals surface area contributed by atoms with Gasteiger partial charge in [-0.1, -0.05) is 30.3 Å². The lowest BCUT2D eigenvalue weighted by molar-refractivity contribution is -0.123. The first-order valence-electron chi connectivity index (χ1n) is 6.38. The third kappa shape index (κ3) is 2.04. The number of methoxy groups -OCH3 is 1. The van der Waals surface area contributed by atoms with Crippen LogP contribution >= 0.6 is 11.6 Å². The summed E-state index contributed by atoms with van der Waals surface area (Å²) in [5.41, 5.74) is 1.88. The Labute approximate surface area is 122 Å². The van der Waals surface area contributed by atoms with E-state index in [2.05, 4.69) is 0 Å². The minimum absolute atomic E-state index is 0.0568. The number of ether oxygens (including phenoxy) is 1. The van der Waals surface area contributed by atoms with Gasteiger partial charge in [0.1, 0.15) is 11.1 Å². The average molecular weight is 288 g/mol. The molecular weight excluding hydrogens is 274 g/mol. The van der Waals surface area contributed by atoms with Crippen LogP contribution in [0.5, 0.6) is 5.75 Å². The molecule has 1 amide bonds. The molecule has 0 unspecified atom stereocenters. The van der Waals surface area contributed by atoms with Gasteiger partial charge in [0, 0.05) is 5.69 Å². The monoisotopic (exact) mass is 287 g/mol. The van der Waals surface area contributed by atoms with E-state index in [0.717, 1.165) is 17.0 Å². The highest BCUT2D eigenvalue weighted by atomic mass is 35.5. The molecule has 0 bridgehead atoms. The van der Waals surface area contributed by atoms with E-state index >= 15 is 0 Å². The first kappa shape index (κ1) is 13.0. The summed E-state index contributed by atoms with van der Waals surface area (Å²) in [5, 5.41) is -0.511. The van der Waals surface area contributed by atoms with Crippen molar-refractivity contribution in [2.24, 2.45) is 0 Å². The number of carbonyl (C=O) groups is 1. The predicted octanol–water partition coefficient (Wildman–Crippen LogP) is 3.39. The second-order valence-electron chi connectivity index (χ2n) is 4.66. The Balaban J connectivity index is 1.92. The fourth-order valence-corrected chi connectivity index (χ4v) is 2.81. The number of halogens is 1. The highest BCUT2D eigenvalue weighted by Gasteiger charge is 2.47. The summed E-state index contributed by atoms with van der Waals surface area (Å²) in [4.78, 5) is 13.8. The Morgan fingerprint density at radius 1 is 1.05 bits per heavy atom. The second-order valence-corrected chi connectivity index (χ2v) is 5.13. The van der Waals surface area contributed by atoms with Gasteiger partial charge in [-0.05, 0) is 29.8 Å². The van der Waals surface area contributed by atoms with E-state index in [0.29, 0.717) is 0 Å². The summed E-state index contributed by atoms with van der Waals surface area (Å²) in [6.07, 6.45) is 0. The lowest BCUT2D eigenvalue weighted by Crippen LogP contribution is -2.56. The van der Waals surface area contributed by atoms with E-state index < -0.39 is 5.38 Å². The molecule has 0 aromatic heterocycles. The van der Waals surface area contributed by atoms with Crippen LogP contribution in [0.1, 0.15) is 11.6 Å². The van der Waals surface area contributed by atoms with E-state index in [1.807, 2.05) is 54.6 Å². The van der Waals surface area contributed by atoms with Gasteiger partial charge < -0.3 is 9.64 Å². The largest absolute Gasteiger partial charge is 0.497 e. The number of para-hydroxylation sites is 1. The molecule has 3 rings (SSSR count). The molecule has 1 fully saturated rings. The van der Waals surface area contributed by atoms with Gasteiger partial charge in [0.2, 0.25) is 5.91 Å². The standard InChI is InChI=1S/C16H14ClNO2/c1-20-13-9-7-11(8-10-13)15-14(17)16(19)18(15)12-5-3-2-4-6-12/h2-10,14-15H,1H3/t14-,15+/m0/s1. The molecule has 20 heavy (non-hydrogen) atoms. The zero-order valence-electron chi connectivity index (χ0n) is 11.0. The predicted molar refractivity (Wildman–Crippen MR) is 79.3 cm³/mol. The zero-order chi connectivity index (χ0) is 14.1. The van der Waals surface area contributed by atoms with Crippen LogP contribution < -0.4 is 9.64 Å². The lowest BCUT2D eigenvalue weighted by Gasteiger charge is -2.44. The van der Waals surface area contributed by atoms with Crippen LogP contribution in [0.25, 0.3) is 0 Å². The summed E-state index contributed by atoms with van der Waals surface area (Å²) >= 11 is 6.20. The molecule has 1 heterocycles. The van der Waals surface area contributed by atoms with Gasteiger partial charge in [-0.2, -0.15) is 0 Å². The molecule has 0 radical (unpaired) electrons. The molecular formula is C16H14ClNO2. The number of carbonyl (C=O) groups excluding carboxylic acids is 1. The van der Waals surface area contributed by atoms with Crippen LogP contribution in [0, 0.1) is 0 Å². The number of alkyl halides is 1. The summed E-state index contributed by atoms with van der Waals surface area (Å²) < 4.78 is 5.15. The molecule has 1 aliphatic rings. The minimum atomic E-state index is -0.511. The van der Waals surface area contributed by atoms with Gasteiger partial charge in [0.05, 0.1) is 13.2 Å². The number of hydrogen-bond acceptors (Lipinski definition) is 2. The number of rotatable bonds is 3. The number of benzene rings is 2. The van der Waals surface area contributed by atoms with Gasteiger partial charge >= 0.3 is 0 Å². The molecule has 0 spiro atoms. The maximum atomic E-state index is 12.0. The van der Waals surface area contributed by atoms with Gasteiger partial charge in [0.15, 0.2) is 0 Å². The van der Waals surface area contributed by atoms with E-state index in [1.165, 1.54) is 0 Å². The number of anilines is 1. The Kier molecular flexibility index (Phi) is 3.36. The summed E-state index contributed by atoms with van der Waals surface area (Å²) in [7, 11) is 1.63. The van der Waals surface area contributed by atoms with E-state index in [4.69, 9.17) is 16.3 Å². The number of β-lactam (4-membered cyclic amide) rings is 1. The highest BCUT2D eigenvalue weighted by molar-refractivity contribution is 6.37. The fraction of sp³-hybridized carbons (Fsp3) is 0.188. The second kappa shape index (κ2) is 5.17. The molecule has 2 aromatic carbocycles. The fourth-order valence-electron chi connectivity index (χ4n) is 2.45. The van der Waals surface area contributed by atoms with Crippen molar-refractivity contribution in [2.75, 3.05) is 12.0 Å². The molecule has 4 heteroatoms. The van der Waals surface area contributed by atoms with Crippen molar-refractivity contribution in [1.29, 1.82) is 0 Å². The SMILES string of the molecule is COc1ccc([C@@H]2[C@H](Cl)C(=O)N2c2ccccc2)cc1. The van der Waals surface area contributed by atoms with E-state index in [-0.39, 0.29) is 11.9 Å². The molecule has 0 N–H and O–H groups in total. The van der Waals surface area contributed by atoms with Crippen molar-refractivity contribution < 1.29 is 9.53 Å². The third-order valence-electron chi connectivity index (χ3n) is 3.52. The molecule has 1 saturated heterocycles. The topological polar surface area (TPSA) is 29.5 Å². The Bertz CT molecular complexity index is 612. The molecule has 2 atom stereocenters. The van der Waals surface area contributed by atoms with E-state index in [1.54, 1.807) is 12.0 Å². The molecule has 0 aliphatic carbocycles. The van der Waals surface area contributed by atoms with E-state index in [9.17, 15) is 4.79 Å². The first-order valence-corrected chi connectivity index (χ1v) is 6.82. The van der Waals surface area contributed by atoms with Crippen molar-refractivity contribution in [3.05, 3.63) is 60.2 Å². The van der Waals surface area contributed by atoms with Crippen molar-refractivity contribution >= 4 is 23.2 Å². The lowest BCUT2D eigenvalue weighted by atomic mass is 9.92. The van der Waals surface area contributed by atoms with Crippen LogP contribution in [-0.2, 0) is 4.79 Å². The quantitative estimate of drug-likeness (QED) is 0.640. The Hall–Kier alpha value is -2.00. The zero-order valence-corrected chi connectivity index (χ0v) is 11.7. The van der Waals surface area contributed by atoms with Crippen molar-refractivity contribution in [3.8, 4) is 5.75 Å². The van der Waals surface area contributed by atoms with Gasteiger partial charge in [0.25, 0.3) is 0 Å². The van der Waals surface area contributed by atoms with Crippen LogP contribution in [-0.4, -0.2) is 18.4 Å². The van der Waals surface area contributed by atoms with Crippen LogP contribution in [0.3, 0.4) is 0 Å². The molecule has 0 saturated carbocycles. The molecule has 102 valence electrons. The number of nitrogens with zero attached hydrogens (tertiary/aromatic N) is 1. The maximum absolute atomic E-state index is 12.0. The smallest absolute Gasteiger partial charge is 0.248 e. The average Bonchev–Trinajstić information content (AvgIpc) is 2.52.